The Balaban J connectivity index is 1.57. The number of likely N-dealkylation sites (N-methyl/N-ethyl adjacent to an activating group) is 1. The number of carbonyl (C=O) groups is 3. The normalized spacial score (nSPS) is 25.5. The molecule has 0 aliphatic carbocycles. The van der Waals surface area contributed by atoms with E-state index in [1.807, 2.05) is 36.4 Å². The highest BCUT2D eigenvalue weighted by Crippen LogP contribution is 2.33. The number of nitrogens with one attached hydrogen (secondary N) is 1. The number of amides is 4. The third kappa shape index (κ3) is 3.32. The molecule has 9 heteroatoms. The Bertz CT molecular complexity index is 1160. The number of carbonyl (C=O) groups excluding carboxylic acids is 3. The Morgan fingerprint density at radius 2 is 1.90 bits per heavy atom. The Kier molecular flexibility index (Phi) is 4.80. The van der Waals surface area contributed by atoms with Gasteiger partial charge in [0.1, 0.15) is 12.1 Å². The molecule has 30 heavy (non-hydrogen) atoms. The highest BCUT2D eigenvalue weighted by atomic mass is 32.2. The topological polar surface area (TPSA) is 104 Å². The third-order valence-electron chi connectivity index (χ3n) is 6.05. The summed E-state index contributed by atoms with van der Waals surface area (Å²) in [5.74, 6) is -1.03. The van der Waals surface area contributed by atoms with Crippen molar-refractivity contribution >= 4 is 38.5 Å². The number of imide groups is 1. The van der Waals surface area contributed by atoms with Crippen molar-refractivity contribution in [3.8, 4) is 0 Å². The van der Waals surface area contributed by atoms with Crippen LogP contribution in [0.1, 0.15) is 18.9 Å². The zero-order valence-corrected chi connectivity index (χ0v) is 17.6. The van der Waals surface area contributed by atoms with Gasteiger partial charge in [-0.15, -0.1) is 0 Å². The second-order valence-electron chi connectivity index (χ2n) is 8.03. The molecule has 2 heterocycles. The second kappa shape index (κ2) is 7.09. The monoisotopic (exact) mass is 429 g/mol. The fourth-order valence-corrected chi connectivity index (χ4v) is 5.99. The van der Waals surface area contributed by atoms with Crippen LogP contribution in [0.15, 0.2) is 42.5 Å². The molecule has 2 aliphatic heterocycles. The van der Waals surface area contributed by atoms with Gasteiger partial charge < -0.3 is 10.2 Å². The fourth-order valence-electron chi connectivity index (χ4n) is 4.22. The van der Waals surface area contributed by atoms with Gasteiger partial charge in [0.15, 0.2) is 9.84 Å². The summed E-state index contributed by atoms with van der Waals surface area (Å²) in [7, 11) is -1.64. The van der Waals surface area contributed by atoms with Crippen LogP contribution in [0.2, 0.25) is 0 Å². The van der Waals surface area contributed by atoms with Crippen molar-refractivity contribution in [1.82, 2.24) is 15.1 Å². The van der Waals surface area contributed by atoms with E-state index in [1.54, 1.807) is 13.0 Å². The first kappa shape index (κ1) is 20.3. The van der Waals surface area contributed by atoms with Gasteiger partial charge in [0.05, 0.1) is 11.5 Å². The minimum atomic E-state index is -3.15. The van der Waals surface area contributed by atoms with Gasteiger partial charge in [0.2, 0.25) is 5.91 Å². The molecular formula is C21H23N3O5S. The number of hydrogen-bond donors (Lipinski definition) is 1. The van der Waals surface area contributed by atoms with Gasteiger partial charge in [-0.05, 0) is 29.7 Å². The Morgan fingerprint density at radius 1 is 1.20 bits per heavy atom. The quantitative estimate of drug-likeness (QED) is 0.737. The molecule has 4 amide bonds. The zero-order chi connectivity index (χ0) is 21.7. The van der Waals surface area contributed by atoms with Gasteiger partial charge in [-0.3, -0.25) is 14.5 Å². The van der Waals surface area contributed by atoms with Gasteiger partial charge in [-0.2, -0.15) is 0 Å². The molecule has 2 aromatic carbocycles. The van der Waals surface area contributed by atoms with Crippen LogP contribution in [0.25, 0.3) is 10.8 Å². The predicted octanol–water partition coefficient (Wildman–Crippen LogP) is 1.25. The van der Waals surface area contributed by atoms with E-state index in [9.17, 15) is 22.8 Å². The third-order valence-corrected chi connectivity index (χ3v) is 7.80. The van der Waals surface area contributed by atoms with E-state index in [0.29, 0.717) is 12.0 Å². The minimum absolute atomic E-state index is 0.0393. The fraction of sp³-hybridized carbons (Fsp3) is 0.381. The van der Waals surface area contributed by atoms with Crippen LogP contribution in [-0.4, -0.2) is 67.2 Å². The van der Waals surface area contributed by atoms with Crippen molar-refractivity contribution in [1.29, 1.82) is 0 Å². The summed E-state index contributed by atoms with van der Waals surface area (Å²) in [5, 5.41) is 4.52. The molecular weight excluding hydrogens is 406 g/mol. The smallest absolute Gasteiger partial charge is 0.325 e. The van der Waals surface area contributed by atoms with Gasteiger partial charge in [-0.1, -0.05) is 42.5 Å². The minimum Gasteiger partial charge on any atom is -0.340 e. The molecule has 8 nitrogen and oxygen atoms in total. The Morgan fingerprint density at radius 3 is 2.60 bits per heavy atom. The maximum atomic E-state index is 13.2. The molecule has 0 radical (unpaired) electrons. The number of sulfone groups is 1. The van der Waals surface area contributed by atoms with E-state index in [2.05, 4.69) is 5.32 Å². The van der Waals surface area contributed by atoms with Crippen molar-refractivity contribution in [3.63, 3.8) is 0 Å². The van der Waals surface area contributed by atoms with Crippen molar-refractivity contribution in [3.05, 3.63) is 48.0 Å². The number of benzene rings is 2. The van der Waals surface area contributed by atoms with Crippen molar-refractivity contribution in [2.45, 2.75) is 24.9 Å². The first-order chi connectivity index (χ1) is 14.1. The lowest BCUT2D eigenvalue weighted by atomic mass is 9.88. The molecule has 2 fully saturated rings. The summed E-state index contributed by atoms with van der Waals surface area (Å²) >= 11 is 0. The van der Waals surface area contributed by atoms with Crippen LogP contribution in [0.4, 0.5) is 4.79 Å². The molecule has 2 aliphatic rings. The standard InChI is InChI=1S/C21H23N3O5S/c1-21(17-9-5-7-14-6-3-4-8-16(14)17)19(26)24(20(27)22-21)12-18(25)23(2)15-10-11-30(28,29)13-15/h3-9,15H,10-13H2,1-2H3,(H,22,27)/t15-,21-/m0/s1. The van der Waals surface area contributed by atoms with E-state index >= 15 is 0 Å². The summed E-state index contributed by atoms with van der Waals surface area (Å²) < 4.78 is 23.4. The highest BCUT2D eigenvalue weighted by molar-refractivity contribution is 7.91. The lowest BCUT2D eigenvalue weighted by Gasteiger charge is -2.26. The van der Waals surface area contributed by atoms with Crippen LogP contribution in [-0.2, 0) is 25.0 Å². The summed E-state index contributed by atoms with van der Waals surface area (Å²) in [6, 6.07) is 12.0. The van der Waals surface area contributed by atoms with E-state index in [4.69, 9.17) is 0 Å². The first-order valence-electron chi connectivity index (χ1n) is 9.71. The molecule has 0 unspecified atom stereocenters. The van der Waals surface area contributed by atoms with Gasteiger partial charge in [0, 0.05) is 13.1 Å². The number of fused-ring (bicyclic) bond motifs is 1. The molecule has 0 bridgehead atoms. The van der Waals surface area contributed by atoms with Gasteiger partial charge in [0.25, 0.3) is 5.91 Å². The number of hydrogen-bond acceptors (Lipinski definition) is 5. The molecule has 158 valence electrons. The molecule has 4 rings (SSSR count). The largest absolute Gasteiger partial charge is 0.340 e. The summed E-state index contributed by atoms with van der Waals surface area (Å²) in [4.78, 5) is 40.8. The first-order valence-corrected chi connectivity index (χ1v) is 11.5. The van der Waals surface area contributed by atoms with E-state index in [-0.39, 0.29) is 11.5 Å². The van der Waals surface area contributed by atoms with Crippen molar-refractivity contribution in [2.24, 2.45) is 0 Å². The zero-order valence-electron chi connectivity index (χ0n) is 16.8. The summed E-state index contributed by atoms with van der Waals surface area (Å²) in [6.45, 7) is 1.20. The summed E-state index contributed by atoms with van der Waals surface area (Å²) in [6.07, 6.45) is 0.360. The number of urea groups is 1. The summed E-state index contributed by atoms with van der Waals surface area (Å²) in [5.41, 5.74) is -0.642. The molecule has 2 aromatic rings. The number of rotatable bonds is 4. The van der Waals surface area contributed by atoms with E-state index in [0.717, 1.165) is 15.7 Å². The van der Waals surface area contributed by atoms with Crippen LogP contribution >= 0.6 is 0 Å². The van der Waals surface area contributed by atoms with Gasteiger partial charge >= 0.3 is 6.03 Å². The average Bonchev–Trinajstić information content (AvgIpc) is 3.18. The lowest BCUT2D eigenvalue weighted by Crippen LogP contribution is -2.46. The van der Waals surface area contributed by atoms with Crippen LogP contribution < -0.4 is 5.32 Å². The van der Waals surface area contributed by atoms with Crippen molar-refractivity contribution < 1.29 is 22.8 Å². The molecule has 0 aromatic heterocycles. The number of nitrogens with zero attached hydrogens (tertiary/aromatic N) is 2. The maximum Gasteiger partial charge on any atom is 0.325 e. The Hall–Kier alpha value is -2.94. The molecule has 0 spiro atoms. The average molecular weight is 429 g/mol. The van der Waals surface area contributed by atoms with E-state index in [1.165, 1.54) is 11.9 Å². The molecule has 2 saturated heterocycles. The molecule has 2 atom stereocenters. The van der Waals surface area contributed by atoms with Crippen LogP contribution in [0.5, 0.6) is 0 Å². The van der Waals surface area contributed by atoms with Crippen molar-refractivity contribution in [2.75, 3.05) is 25.1 Å². The second-order valence-corrected chi connectivity index (χ2v) is 10.3. The highest BCUT2D eigenvalue weighted by Gasteiger charge is 2.50. The predicted molar refractivity (Wildman–Crippen MR) is 111 cm³/mol. The maximum absolute atomic E-state index is 13.2. The molecule has 0 saturated carbocycles. The van der Waals surface area contributed by atoms with Gasteiger partial charge in [-0.25, -0.2) is 13.2 Å². The lowest BCUT2D eigenvalue weighted by molar-refractivity contribution is -0.139. The van der Waals surface area contributed by atoms with Crippen LogP contribution in [0.3, 0.4) is 0 Å². The van der Waals surface area contributed by atoms with E-state index < -0.39 is 45.8 Å². The van der Waals surface area contributed by atoms with Crippen LogP contribution in [0, 0.1) is 0 Å². The Labute approximate surface area is 174 Å². The molecule has 1 N–H and O–H groups in total. The SMILES string of the molecule is CN(C(=O)CN1C(=O)N[C@@](C)(c2cccc3ccccc23)C1=O)[C@H]1CCS(=O)(=O)C1.